The average molecular weight is 245 g/mol. The average Bonchev–Trinajstić information content (AvgIpc) is 2.78. The van der Waals surface area contributed by atoms with Crippen molar-refractivity contribution in [1.29, 1.82) is 0 Å². The molecule has 1 aromatic heterocycles. The zero-order valence-corrected chi connectivity index (χ0v) is 10.5. The fraction of sp³-hybridized carbons (Fsp3) is 0.500. The van der Waals surface area contributed by atoms with E-state index in [0.29, 0.717) is 12.6 Å². The fourth-order valence-electron chi connectivity index (χ4n) is 2.73. The van der Waals surface area contributed by atoms with Crippen LogP contribution >= 0.6 is 0 Å². The normalized spacial score (nSPS) is 20.4. The number of imidazole rings is 1. The number of benzene rings is 1. The number of aromatic nitrogens is 2. The third-order valence-electron chi connectivity index (χ3n) is 3.54. The minimum absolute atomic E-state index is 0.410. The summed E-state index contributed by atoms with van der Waals surface area (Å²) >= 11 is 0. The minimum atomic E-state index is 0.410. The molecule has 0 spiro atoms. The Kier molecular flexibility index (Phi) is 3.30. The highest BCUT2D eigenvalue weighted by molar-refractivity contribution is 5.76. The second kappa shape index (κ2) is 5.08. The quantitative estimate of drug-likeness (QED) is 0.898. The van der Waals surface area contributed by atoms with Gasteiger partial charge in [0.2, 0.25) is 0 Å². The number of para-hydroxylation sites is 2. The molecule has 2 aromatic rings. The van der Waals surface area contributed by atoms with E-state index >= 15 is 0 Å². The first-order chi connectivity index (χ1) is 8.90. The SMILES string of the molecule is NCCc1nc2ccccc2n1[C@H]1CCCOC1. The fourth-order valence-corrected chi connectivity index (χ4v) is 2.73. The van der Waals surface area contributed by atoms with Crippen LogP contribution < -0.4 is 5.73 Å². The van der Waals surface area contributed by atoms with Crippen LogP contribution in [0.3, 0.4) is 0 Å². The molecule has 1 fully saturated rings. The Hall–Kier alpha value is -1.39. The van der Waals surface area contributed by atoms with Gasteiger partial charge in [0.05, 0.1) is 23.7 Å². The Labute approximate surface area is 107 Å². The molecule has 3 rings (SSSR count). The van der Waals surface area contributed by atoms with Crippen LogP contribution in [0.4, 0.5) is 0 Å². The van der Waals surface area contributed by atoms with Crippen LogP contribution in [0, 0.1) is 0 Å². The van der Waals surface area contributed by atoms with Crippen LogP contribution in [0.25, 0.3) is 11.0 Å². The molecule has 0 radical (unpaired) electrons. The van der Waals surface area contributed by atoms with Gasteiger partial charge in [-0.05, 0) is 31.5 Å². The molecule has 0 aliphatic carbocycles. The maximum absolute atomic E-state index is 5.70. The molecule has 1 saturated heterocycles. The number of nitrogens with zero attached hydrogens (tertiary/aromatic N) is 2. The molecular formula is C14H19N3O. The van der Waals surface area contributed by atoms with E-state index < -0.39 is 0 Å². The van der Waals surface area contributed by atoms with E-state index in [1.165, 1.54) is 5.52 Å². The summed E-state index contributed by atoms with van der Waals surface area (Å²) in [7, 11) is 0. The number of rotatable bonds is 3. The number of hydrogen-bond donors (Lipinski definition) is 1. The Morgan fingerprint density at radius 3 is 3.06 bits per heavy atom. The first-order valence-corrected chi connectivity index (χ1v) is 6.64. The van der Waals surface area contributed by atoms with Crippen LogP contribution in [0.1, 0.15) is 24.7 Å². The zero-order chi connectivity index (χ0) is 12.4. The van der Waals surface area contributed by atoms with Crippen molar-refractivity contribution in [3.8, 4) is 0 Å². The van der Waals surface area contributed by atoms with E-state index in [2.05, 4.69) is 22.8 Å². The third kappa shape index (κ3) is 2.02. The topological polar surface area (TPSA) is 53.1 Å². The van der Waals surface area contributed by atoms with E-state index in [-0.39, 0.29) is 0 Å². The lowest BCUT2D eigenvalue weighted by molar-refractivity contribution is 0.0595. The summed E-state index contributed by atoms with van der Waals surface area (Å²) in [6.07, 6.45) is 3.11. The van der Waals surface area contributed by atoms with Gasteiger partial charge in [-0.15, -0.1) is 0 Å². The van der Waals surface area contributed by atoms with Gasteiger partial charge in [0, 0.05) is 13.0 Å². The number of hydrogen-bond acceptors (Lipinski definition) is 3. The van der Waals surface area contributed by atoms with Crippen molar-refractivity contribution in [2.45, 2.75) is 25.3 Å². The summed E-state index contributed by atoms with van der Waals surface area (Å²) in [5, 5.41) is 0. The molecule has 0 amide bonds. The predicted molar refractivity (Wildman–Crippen MR) is 71.6 cm³/mol. The second-order valence-electron chi connectivity index (χ2n) is 4.80. The number of ether oxygens (including phenoxy) is 1. The second-order valence-corrected chi connectivity index (χ2v) is 4.80. The van der Waals surface area contributed by atoms with Crippen molar-refractivity contribution in [1.82, 2.24) is 9.55 Å². The molecule has 0 bridgehead atoms. The summed E-state index contributed by atoms with van der Waals surface area (Å²) in [6.45, 7) is 2.31. The maximum atomic E-state index is 5.70. The summed E-state index contributed by atoms with van der Waals surface area (Å²) in [5.74, 6) is 1.09. The number of fused-ring (bicyclic) bond motifs is 1. The Morgan fingerprint density at radius 2 is 2.28 bits per heavy atom. The zero-order valence-electron chi connectivity index (χ0n) is 10.5. The monoisotopic (exact) mass is 245 g/mol. The summed E-state index contributed by atoms with van der Waals surface area (Å²) in [5.41, 5.74) is 7.96. The van der Waals surface area contributed by atoms with Crippen LogP contribution in [0.15, 0.2) is 24.3 Å². The van der Waals surface area contributed by atoms with Crippen molar-refractivity contribution in [3.05, 3.63) is 30.1 Å². The largest absolute Gasteiger partial charge is 0.379 e. The summed E-state index contributed by atoms with van der Waals surface area (Å²) in [6, 6.07) is 8.71. The van der Waals surface area contributed by atoms with Gasteiger partial charge in [-0.2, -0.15) is 0 Å². The van der Waals surface area contributed by atoms with Crippen molar-refractivity contribution in [2.75, 3.05) is 19.8 Å². The highest BCUT2D eigenvalue weighted by Gasteiger charge is 2.21. The van der Waals surface area contributed by atoms with E-state index in [0.717, 1.165) is 43.8 Å². The molecule has 1 aliphatic rings. The highest BCUT2D eigenvalue weighted by Crippen LogP contribution is 2.26. The Morgan fingerprint density at radius 1 is 1.39 bits per heavy atom. The van der Waals surface area contributed by atoms with Gasteiger partial charge in [0.15, 0.2) is 0 Å². The van der Waals surface area contributed by atoms with Gasteiger partial charge in [0.25, 0.3) is 0 Å². The molecule has 2 heterocycles. The summed E-state index contributed by atoms with van der Waals surface area (Å²) < 4.78 is 7.94. The standard InChI is InChI=1S/C14H19N3O/c15-8-7-14-16-12-5-1-2-6-13(12)17(14)11-4-3-9-18-10-11/h1-2,5-6,11H,3-4,7-10,15H2/t11-/m0/s1. The third-order valence-corrected chi connectivity index (χ3v) is 3.54. The predicted octanol–water partition coefficient (Wildman–Crippen LogP) is 1.89. The molecule has 1 aliphatic heterocycles. The van der Waals surface area contributed by atoms with Crippen LogP contribution in [0.2, 0.25) is 0 Å². The van der Waals surface area contributed by atoms with Crippen molar-refractivity contribution in [3.63, 3.8) is 0 Å². The Bertz CT molecular complexity index is 529. The molecule has 2 N–H and O–H groups in total. The van der Waals surface area contributed by atoms with Gasteiger partial charge >= 0.3 is 0 Å². The first-order valence-electron chi connectivity index (χ1n) is 6.64. The highest BCUT2D eigenvalue weighted by atomic mass is 16.5. The van der Waals surface area contributed by atoms with E-state index in [4.69, 9.17) is 15.5 Å². The Balaban J connectivity index is 2.07. The molecule has 4 nitrogen and oxygen atoms in total. The molecular weight excluding hydrogens is 226 g/mol. The van der Waals surface area contributed by atoms with Gasteiger partial charge in [-0.3, -0.25) is 0 Å². The van der Waals surface area contributed by atoms with Crippen LogP contribution in [-0.4, -0.2) is 29.3 Å². The molecule has 0 saturated carbocycles. The van der Waals surface area contributed by atoms with E-state index in [9.17, 15) is 0 Å². The summed E-state index contributed by atoms with van der Waals surface area (Å²) in [4.78, 5) is 4.71. The van der Waals surface area contributed by atoms with Gasteiger partial charge in [0.1, 0.15) is 5.82 Å². The first kappa shape index (κ1) is 11.7. The van der Waals surface area contributed by atoms with Gasteiger partial charge in [-0.25, -0.2) is 4.98 Å². The van der Waals surface area contributed by atoms with Crippen molar-refractivity contribution < 1.29 is 4.74 Å². The lowest BCUT2D eigenvalue weighted by atomic mass is 10.1. The van der Waals surface area contributed by atoms with Crippen LogP contribution in [-0.2, 0) is 11.2 Å². The molecule has 1 atom stereocenters. The van der Waals surface area contributed by atoms with Gasteiger partial charge < -0.3 is 15.0 Å². The van der Waals surface area contributed by atoms with Crippen LogP contribution in [0.5, 0.6) is 0 Å². The lowest BCUT2D eigenvalue weighted by Crippen LogP contribution is -2.23. The number of nitrogens with two attached hydrogens (primary N) is 1. The van der Waals surface area contributed by atoms with E-state index in [1.807, 2.05) is 6.07 Å². The lowest BCUT2D eigenvalue weighted by Gasteiger charge is -2.25. The molecule has 18 heavy (non-hydrogen) atoms. The van der Waals surface area contributed by atoms with Crippen molar-refractivity contribution in [2.24, 2.45) is 5.73 Å². The smallest absolute Gasteiger partial charge is 0.111 e. The van der Waals surface area contributed by atoms with Gasteiger partial charge in [-0.1, -0.05) is 12.1 Å². The molecule has 0 unspecified atom stereocenters. The molecule has 4 heteroatoms. The van der Waals surface area contributed by atoms with Crippen molar-refractivity contribution >= 4 is 11.0 Å². The molecule has 1 aromatic carbocycles. The molecule has 96 valence electrons. The minimum Gasteiger partial charge on any atom is -0.379 e. The maximum Gasteiger partial charge on any atom is 0.111 e. The van der Waals surface area contributed by atoms with E-state index in [1.54, 1.807) is 0 Å².